The van der Waals surface area contributed by atoms with Crippen molar-refractivity contribution in [3.8, 4) is 0 Å². The third kappa shape index (κ3) is 5.79. The number of rotatable bonds is 8. The van der Waals surface area contributed by atoms with E-state index < -0.39 is 0 Å². The van der Waals surface area contributed by atoms with Crippen molar-refractivity contribution < 1.29 is 9.18 Å². The Bertz CT molecular complexity index is 958. The van der Waals surface area contributed by atoms with Crippen molar-refractivity contribution in [1.82, 2.24) is 5.32 Å². The lowest BCUT2D eigenvalue weighted by Crippen LogP contribution is -2.36. The summed E-state index contributed by atoms with van der Waals surface area (Å²) in [5.41, 5.74) is 7.61. The molecule has 1 fully saturated rings. The highest BCUT2D eigenvalue weighted by molar-refractivity contribution is 7.98. The molecule has 1 N–H and O–H groups in total. The maximum atomic E-state index is 14.6. The second-order valence-corrected chi connectivity index (χ2v) is 9.89. The predicted molar refractivity (Wildman–Crippen MR) is 132 cm³/mol. The summed E-state index contributed by atoms with van der Waals surface area (Å²) in [6.07, 6.45) is 4.65. The number of aryl methyl sites for hydroxylation is 2. The molecule has 2 nitrogen and oxygen atoms in total. The van der Waals surface area contributed by atoms with Crippen LogP contribution >= 0.6 is 11.8 Å². The fraction of sp³-hybridized carbons (Fsp3) is 0.444. The van der Waals surface area contributed by atoms with E-state index in [2.05, 4.69) is 49.5 Å². The van der Waals surface area contributed by atoms with Gasteiger partial charge in [-0.05, 0) is 98.1 Å². The Morgan fingerprint density at radius 2 is 1.77 bits per heavy atom. The first-order valence-corrected chi connectivity index (χ1v) is 12.5. The normalized spacial score (nSPS) is 18.9. The Labute approximate surface area is 190 Å². The lowest BCUT2D eigenvalue weighted by atomic mass is 9.67. The fourth-order valence-electron chi connectivity index (χ4n) is 4.46. The van der Waals surface area contributed by atoms with E-state index in [1.807, 2.05) is 20.1 Å². The van der Waals surface area contributed by atoms with Crippen LogP contribution in [-0.2, 0) is 4.79 Å². The van der Waals surface area contributed by atoms with Gasteiger partial charge in [-0.25, -0.2) is 4.39 Å². The van der Waals surface area contributed by atoms with Crippen molar-refractivity contribution in [1.29, 1.82) is 0 Å². The van der Waals surface area contributed by atoms with Gasteiger partial charge >= 0.3 is 0 Å². The number of amides is 1. The number of benzene rings is 2. The Morgan fingerprint density at radius 3 is 2.42 bits per heavy atom. The van der Waals surface area contributed by atoms with E-state index in [-0.39, 0.29) is 11.7 Å². The third-order valence-electron chi connectivity index (χ3n) is 6.43. The van der Waals surface area contributed by atoms with Crippen LogP contribution in [0.4, 0.5) is 4.39 Å². The number of thioether (sulfide) groups is 1. The molecule has 0 atom stereocenters. The molecule has 0 aliphatic heterocycles. The zero-order chi connectivity index (χ0) is 22.5. The summed E-state index contributed by atoms with van der Waals surface area (Å²) >= 11 is 1.69. The summed E-state index contributed by atoms with van der Waals surface area (Å²) in [5.74, 6) is 1.73. The number of halogens is 1. The summed E-state index contributed by atoms with van der Waals surface area (Å²) in [4.78, 5) is 11.9. The summed E-state index contributed by atoms with van der Waals surface area (Å²) in [5, 5.41) is 3.09. The van der Waals surface area contributed by atoms with Crippen LogP contribution in [0.25, 0.3) is 11.1 Å². The Kier molecular flexibility index (Phi) is 7.99. The first kappa shape index (κ1) is 23.6. The highest BCUT2D eigenvalue weighted by atomic mass is 32.2. The molecule has 1 aliphatic rings. The topological polar surface area (TPSA) is 29.1 Å². The standard InChI is InChI=1S/C27H34FNOS/c1-17-6-8-22(9-7-17)19(3)27(24-12-18(2)13-25(28)20(24)4)23-14-21(15-23)16-29-26(30)10-11-31-5/h6-9,12-13,21,23H,10-11,14-16H2,1-5H3,(H,29,30)/b27-19+. The number of hydrogen-bond acceptors (Lipinski definition) is 2. The molecule has 2 aromatic rings. The van der Waals surface area contributed by atoms with Crippen molar-refractivity contribution in [2.45, 2.75) is 47.0 Å². The van der Waals surface area contributed by atoms with Crippen molar-refractivity contribution >= 4 is 28.8 Å². The van der Waals surface area contributed by atoms with Gasteiger partial charge < -0.3 is 5.32 Å². The highest BCUT2D eigenvalue weighted by Gasteiger charge is 2.34. The molecule has 0 saturated heterocycles. The van der Waals surface area contributed by atoms with Gasteiger partial charge in [0, 0.05) is 18.7 Å². The van der Waals surface area contributed by atoms with Crippen LogP contribution in [0.1, 0.15) is 54.0 Å². The molecule has 3 rings (SSSR count). The van der Waals surface area contributed by atoms with Crippen molar-refractivity contribution in [2.75, 3.05) is 18.6 Å². The van der Waals surface area contributed by atoms with Crippen LogP contribution in [0, 0.1) is 38.4 Å². The molecule has 166 valence electrons. The van der Waals surface area contributed by atoms with Gasteiger partial charge in [-0.2, -0.15) is 11.8 Å². The van der Waals surface area contributed by atoms with Crippen molar-refractivity contribution in [3.63, 3.8) is 0 Å². The quantitative estimate of drug-likeness (QED) is 0.471. The van der Waals surface area contributed by atoms with E-state index in [1.54, 1.807) is 17.8 Å². The maximum absolute atomic E-state index is 14.6. The summed E-state index contributed by atoms with van der Waals surface area (Å²) in [6, 6.07) is 12.3. The minimum atomic E-state index is -0.138. The minimum absolute atomic E-state index is 0.138. The van der Waals surface area contributed by atoms with Gasteiger partial charge in [0.2, 0.25) is 5.91 Å². The van der Waals surface area contributed by atoms with E-state index in [0.717, 1.165) is 41.8 Å². The zero-order valence-corrected chi connectivity index (χ0v) is 20.2. The van der Waals surface area contributed by atoms with E-state index in [0.29, 0.717) is 18.3 Å². The van der Waals surface area contributed by atoms with Gasteiger partial charge in [0.25, 0.3) is 0 Å². The molecule has 0 heterocycles. The van der Waals surface area contributed by atoms with Crippen LogP contribution in [-0.4, -0.2) is 24.5 Å². The van der Waals surface area contributed by atoms with E-state index in [4.69, 9.17) is 0 Å². The number of carbonyl (C=O) groups excluding carboxylic acids is 1. The Morgan fingerprint density at radius 1 is 1.10 bits per heavy atom. The monoisotopic (exact) mass is 439 g/mol. The molecule has 0 radical (unpaired) electrons. The summed E-state index contributed by atoms with van der Waals surface area (Å²) in [7, 11) is 0. The van der Waals surface area contributed by atoms with Crippen molar-refractivity contribution in [2.24, 2.45) is 11.8 Å². The van der Waals surface area contributed by atoms with Gasteiger partial charge in [-0.15, -0.1) is 0 Å². The predicted octanol–water partition coefficient (Wildman–Crippen LogP) is 6.58. The van der Waals surface area contributed by atoms with Gasteiger partial charge in [-0.3, -0.25) is 4.79 Å². The number of hydrogen-bond donors (Lipinski definition) is 1. The summed E-state index contributed by atoms with van der Waals surface area (Å²) in [6.45, 7) is 8.83. The number of nitrogens with one attached hydrogen (secondary N) is 1. The highest BCUT2D eigenvalue weighted by Crippen LogP contribution is 2.47. The molecule has 1 aliphatic carbocycles. The maximum Gasteiger partial charge on any atom is 0.220 e. The van der Waals surface area contributed by atoms with Gasteiger partial charge in [-0.1, -0.05) is 35.9 Å². The molecule has 1 saturated carbocycles. The first-order valence-electron chi connectivity index (χ1n) is 11.1. The number of carbonyl (C=O) groups is 1. The zero-order valence-electron chi connectivity index (χ0n) is 19.3. The fourth-order valence-corrected chi connectivity index (χ4v) is 4.85. The van der Waals surface area contributed by atoms with Gasteiger partial charge in [0.15, 0.2) is 0 Å². The van der Waals surface area contributed by atoms with Crippen LogP contribution in [0.2, 0.25) is 0 Å². The van der Waals surface area contributed by atoms with Crippen LogP contribution in [0.15, 0.2) is 36.4 Å². The SMILES string of the molecule is CSCCC(=O)NCC1CC(/C(=C(/C)c2ccc(C)cc2)c2cc(C)cc(F)c2C)C1. The second kappa shape index (κ2) is 10.5. The smallest absolute Gasteiger partial charge is 0.220 e. The number of allylic oxidation sites excluding steroid dienone is 2. The van der Waals surface area contributed by atoms with Crippen LogP contribution < -0.4 is 5.32 Å². The lowest BCUT2D eigenvalue weighted by molar-refractivity contribution is -0.121. The first-order chi connectivity index (χ1) is 14.8. The second-order valence-electron chi connectivity index (χ2n) is 8.91. The Hall–Kier alpha value is -2.07. The van der Waals surface area contributed by atoms with E-state index in [9.17, 15) is 9.18 Å². The van der Waals surface area contributed by atoms with E-state index >= 15 is 0 Å². The van der Waals surface area contributed by atoms with Crippen LogP contribution in [0.3, 0.4) is 0 Å². The molecular weight excluding hydrogens is 405 g/mol. The largest absolute Gasteiger partial charge is 0.356 e. The Balaban J connectivity index is 1.85. The van der Waals surface area contributed by atoms with E-state index in [1.165, 1.54) is 22.3 Å². The molecule has 0 spiro atoms. The van der Waals surface area contributed by atoms with Gasteiger partial charge in [0.1, 0.15) is 5.82 Å². The molecule has 1 amide bonds. The molecule has 0 aromatic heterocycles. The molecule has 0 unspecified atom stereocenters. The van der Waals surface area contributed by atoms with Crippen molar-refractivity contribution in [3.05, 3.63) is 70.0 Å². The van der Waals surface area contributed by atoms with Gasteiger partial charge in [0.05, 0.1) is 0 Å². The minimum Gasteiger partial charge on any atom is -0.356 e. The third-order valence-corrected chi connectivity index (χ3v) is 7.04. The average Bonchev–Trinajstić information content (AvgIpc) is 2.71. The van der Waals surface area contributed by atoms with Crippen LogP contribution in [0.5, 0.6) is 0 Å². The molecule has 31 heavy (non-hydrogen) atoms. The molecular formula is C27H34FNOS. The summed E-state index contributed by atoms with van der Waals surface area (Å²) < 4.78 is 14.6. The molecule has 4 heteroatoms. The average molecular weight is 440 g/mol. The molecule has 0 bridgehead atoms. The molecule has 2 aromatic carbocycles. The lowest BCUT2D eigenvalue weighted by Gasteiger charge is -2.39.